The fraction of sp³-hybridized carbons (Fsp3) is 0.296. The number of allylic oxidation sites excluding steroid dienone is 1. The fourth-order valence-electron chi connectivity index (χ4n) is 4.35. The summed E-state index contributed by atoms with van der Waals surface area (Å²) < 4.78 is 16.5. The number of fused-ring (bicyclic) bond motifs is 1. The normalized spacial score (nSPS) is 17.6. The number of esters is 1. The van der Waals surface area contributed by atoms with Gasteiger partial charge in [-0.15, -0.1) is 0 Å². The Morgan fingerprint density at radius 1 is 1.28 bits per heavy atom. The molecule has 2 aliphatic heterocycles. The van der Waals surface area contributed by atoms with Crippen LogP contribution in [0.15, 0.2) is 59.9 Å². The van der Waals surface area contributed by atoms with E-state index in [0.717, 1.165) is 55.0 Å². The number of nitrogens with one attached hydrogen (secondary N) is 2. The summed E-state index contributed by atoms with van der Waals surface area (Å²) in [6, 6.07) is 9.76. The van der Waals surface area contributed by atoms with Crippen molar-refractivity contribution in [3.05, 3.63) is 76.6 Å². The van der Waals surface area contributed by atoms with Crippen LogP contribution in [0.3, 0.4) is 0 Å². The first-order chi connectivity index (χ1) is 17.5. The van der Waals surface area contributed by atoms with Crippen LogP contribution in [0.1, 0.15) is 23.6 Å². The number of carbonyl (C=O) groups is 2. The first kappa shape index (κ1) is 23.8. The van der Waals surface area contributed by atoms with Gasteiger partial charge < -0.3 is 24.5 Å². The van der Waals surface area contributed by atoms with Crippen molar-refractivity contribution < 1.29 is 23.8 Å². The number of Topliss-reactive ketones (excluding diaryl/α,β-unsaturated/α-hetero) is 1. The highest BCUT2D eigenvalue weighted by Crippen LogP contribution is 2.31. The number of carbonyl (C=O) groups excluding carboxylic acids is 2. The number of ketones is 1. The minimum Gasteiger partial charge on any atom is -0.462 e. The molecule has 1 saturated heterocycles. The summed E-state index contributed by atoms with van der Waals surface area (Å²) in [5.74, 6) is -1.16. The van der Waals surface area contributed by atoms with E-state index in [0.29, 0.717) is 5.65 Å². The number of nitrogens with zero attached hydrogens (tertiary/aromatic N) is 2. The lowest BCUT2D eigenvalue weighted by Crippen LogP contribution is -2.35. The standard InChI is InChI=1S/C27H28N4O5/c1-3-35-27(33)23-24(32)22(14-19-15-29-25-20(19)5-4-8-28-25)36-26(23)30-21-7-6-18(13-17(21)2)16-31-9-11-34-12-10-31/h4-8,13-15,30H,3,9-12,16H2,1-2H3,(H,28,29). The van der Waals surface area contributed by atoms with E-state index in [1.165, 1.54) is 5.56 Å². The molecule has 9 heteroatoms. The summed E-state index contributed by atoms with van der Waals surface area (Å²) in [6.45, 7) is 7.97. The van der Waals surface area contributed by atoms with Gasteiger partial charge in [-0.05, 0) is 49.2 Å². The zero-order valence-electron chi connectivity index (χ0n) is 20.3. The van der Waals surface area contributed by atoms with Crippen LogP contribution in [0.2, 0.25) is 0 Å². The van der Waals surface area contributed by atoms with Gasteiger partial charge in [0.15, 0.2) is 11.3 Å². The molecule has 0 spiro atoms. The number of aromatic nitrogens is 2. The van der Waals surface area contributed by atoms with Gasteiger partial charge in [-0.3, -0.25) is 9.69 Å². The Hall–Kier alpha value is -3.95. The average molecular weight is 489 g/mol. The molecule has 4 heterocycles. The zero-order valence-corrected chi connectivity index (χ0v) is 20.3. The van der Waals surface area contributed by atoms with Crippen LogP contribution in [-0.4, -0.2) is 59.5 Å². The molecule has 2 aromatic heterocycles. The number of anilines is 1. The maximum atomic E-state index is 13.2. The number of aryl methyl sites for hydroxylation is 1. The number of aromatic amines is 1. The summed E-state index contributed by atoms with van der Waals surface area (Å²) in [4.78, 5) is 35.6. The van der Waals surface area contributed by atoms with E-state index < -0.39 is 11.8 Å². The van der Waals surface area contributed by atoms with Gasteiger partial charge in [0.25, 0.3) is 0 Å². The molecule has 9 nitrogen and oxygen atoms in total. The van der Waals surface area contributed by atoms with Gasteiger partial charge in [-0.1, -0.05) is 12.1 Å². The number of ether oxygens (including phenoxy) is 3. The molecule has 0 bridgehead atoms. The third-order valence-electron chi connectivity index (χ3n) is 6.19. The zero-order chi connectivity index (χ0) is 25.1. The Labute approximate surface area is 208 Å². The van der Waals surface area contributed by atoms with Crippen LogP contribution < -0.4 is 5.32 Å². The second-order valence-electron chi connectivity index (χ2n) is 8.67. The van der Waals surface area contributed by atoms with Crippen molar-refractivity contribution in [1.29, 1.82) is 0 Å². The molecule has 186 valence electrons. The summed E-state index contributed by atoms with van der Waals surface area (Å²) in [5, 5.41) is 3.99. The van der Waals surface area contributed by atoms with E-state index in [1.807, 2.05) is 31.2 Å². The molecule has 2 aliphatic rings. The van der Waals surface area contributed by atoms with E-state index >= 15 is 0 Å². The highest BCUT2D eigenvalue weighted by atomic mass is 16.5. The van der Waals surface area contributed by atoms with Crippen molar-refractivity contribution in [3.8, 4) is 0 Å². The SMILES string of the molecule is CCOC(=O)C1=C(Nc2ccc(CN3CCOCC3)cc2C)OC(=Cc2c[nH]c3ncccc23)C1=O. The number of hydrogen-bond donors (Lipinski definition) is 2. The smallest absolute Gasteiger partial charge is 0.347 e. The van der Waals surface area contributed by atoms with E-state index in [1.54, 1.807) is 25.4 Å². The summed E-state index contributed by atoms with van der Waals surface area (Å²) in [7, 11) is 0. The summed E-state index contributed by atoms with van der Waals surface area (Å²) >= 11 is 0. The molecular weight excluding hydrogens is 460 g/mol. The largest absolute Gasteiger partial charge is 0.462 e. The van der Waals surface area contributed by atoms with Crippen LogP contribution in [0.5, 0.6) is 0 Å². The van der Waals surface area contributed by atoms with Crippen molar-refractivity contribution >= 4 is 34.5 Å². The lowest BCUT2D eigenvalue weighted by molar-refractivity contribution is -0.139. The lowest BCUT2D eigenvalue weighted by atomic mass is 10.1. The van der Waals surface area contributed by atoms with E-state index in [2.05, 4.69) is 26.3 Å². The molecular formula is C27H28N4O5. The van der Waals surface area contributed by atoms with E-state index in [9.17, 15) is 9.59 Å². The van der Waals surface area contributed by atoms with Crippen LogP contribution in [0, 0.1) is 6.92 Å². The average Bonchev–Trinajstić information content (AvgIpc) is 3.42. The summed E-state index contributed by atoms with van der Waals surface area (Å²) in [6.07, 6.45) is 5.03. The number of benzene rings is 1. The molecule has 0 amide bonds. The molecule has 0 atom stereocenters. The molecule has 5 rings (SSSR count). The van der Waals surface area contributed by atoms with Crippen molar-refractivity contribution in [2.24, 2.45) is 0 Å². The molecule has 1 aromatic carbocycles. The van der Waals surface area contributed by atoms with Crippen LogP contribution in [0.25, 0.3) is 17.1 Å². The van der Waals surface area contributed by atoms with Crippen LogP contribution in [0.4, 0.5) is 5.69 Å². The van der Waals surface area contributed by atoms with Gasteiger partial charge >= 0.3 is 5.97 Å². The topological polar surface area (TPSA) is 106 Å². The third-order valence-corrected chi connectivity index (χ3v) is 6.19. The maximum Gasteiger partial charge on any atom is 0.347 e. The minimum atomic E-state index is -0.726. The predicted molar refractivity (Wildman–Crippen MR) is 135 cm³/mol. The molecule has 3 aromatic rings. The molecule has 0 unspecified atom stereocenters. The predicted octanol–water partition coefficient (Wildman–Crippen LogP) is 3.53. The molecule has 1 fully saturated rings. The molecule has 36 heavy (non-hydrogen) atoms. The van der Waals surface area contributed by atoms with Gasteiger partial charge in [-0.2, -0.15) is 0 Å². The highest BCUT2D eigenvalue weighted by molar-refractivity contribution is 6.26. The molecule has 0 saturated carbocycles. The Morgan fingerprint density at radius 3 is 2.89 bits per heavy atom. The molecule has 2 N–H and O–H groups in total. The van der Waals surface area contributed by atoms with Crippen molar-refractivity contribution in [2.75, 3.05) is 38.2 Å². The Bertz CT molecular complexity index is 1370. The van der Waals surface area contributed by atoms with Crippen molar-refractivity contribution in [2.45, 2.75) is 20.4 Å². The Morgan fingerprint density at radius 2 is 2.11 bits per heavy atom. The van der Waals surface area contributed by atoms with Crippen LogP contribution in [-0.2, 0) is 30.3 Å². The van der Waals surface area contributed by atoms with Gasteiger partial charge in [0.05, 0.1) is 19.8 Å². The number of rotatable bonds is 7. The van der Waals surface area contributed by atoms with E-state index in [4.69, 9.17) is 14.2 Å². The second kappa shape index (κ2) is 10.3. The number of pyridine rings is 1. The highest BCUT2D eigenvalue weighted by Gasteiger charge is 2.37. The van der Waals surface area contributed by atoms with Gasteiger partial charge in [0, 0.05) is 48.7 Å². The van der Waals surface area contributed by atoms with Gasteiger partial charge in [0.1, 0.15) is 5.65 Å². The van der Waals surface area contributed by atoms with Crippen molar-refractivity contribution in [3.63, 3.8) is 0 Å². The van der Waals surface area contributed by atoms with Gasteiger partial charge in [-0.25, -0.2) is 9.78 Å². The molecule has 0 aliphatic carbocycles. The molecule has 0 radical (unpaired) electrons. The maximum absolute atomic E-state index is 13.2. The first-order valence-electron chi connectivity index (χ1n) is 12.0. The minimum absolute atomic E-state index is 0.0342. The fourth-order valence-corrected chi connectivity index (χ4v) is 4.35. The summed E-state index contributed by atoms with van der Waals surface area (Å²) in [5.41, 5.74) is 4.15. The lowest BCUT2D eigenvalue weighted by Gasteiger charge is -2.26. The van der Waals surface area contributed by atoms with E-state index in [-0.39, 0.29) is 23.8 Å². The van der Waals surface area contributed by atoms with Crippen molar-refractivity contribution in [1.82, 2.24) is 14.9 Å². The Balaban J connectivity index is 1.40. The number of H-pyrrole nitrogens is 1. The van der Waals surface area contributed by atoms with Crippen LogP contribution >= 0.6 is 0 Å². The van der Waals surface area contributed by atoms with Gasteiger partial charge in [0.2, 0.25) is 11.7 Å². The second-order valence-corrected chi connectivity index (χ2v) is 8.67. The monoisotopic (exact) mass is 488 g/mol. The quantitative estimate of drug-likeness (QED) is 0.296. The number of morpholine rings is 1. The third kappa shape index (κ3) is 4.89. The number of hydrogen-bond acceptors (Lipinski definition) is 8. The Kier molecular flexibility index (Phi) is 6.84. The first-order valence-corrected chi connectivity index (χ1v) is 12.0.